The van der Waals surface area contributed by atoms with E-state index in [1.54, 1.807) is 12.1 Å². The van der Waals surface area contributed by atoms with Crippen molar-refractivity contribution in [3.05, 3.63) is 64.7 Å². The van der Waals surface area contributed by atoms with Gasteiger partial charge in [0.1, 0.15) is 0 Å². The Morgan fingerprint density at radius 3 is 2.52 bits per heavy atom. The van der Waals surface area contributed by atoms with Crippen molar-refractivity contribution in [3.63, 3.8) is 0 Å². The maximum absolute atomic E-state index is 11.8. The molecule has 0 aliphatic rings. The van der Waals surface area contributed by atoms with Gasteiger partial charge in [0, 0.05) is 17.3 Å². The summed E-state index contributed by atoms with van der Waals surface area (Å²) in [7, 11) is 0. The molecule has 2 rings (SSSR count). The molecule has 0 fully saturated rings. The maximum Gasteiger partial charge on any atom is 0.321 e. The molecule has 0 saturated carbocycles. The molecule has 3 N–H and O–H groups in total. The molecule has 3 amide bonds. The number of carbonyl (C=O) groups is 2. The van der Waals surface area contributed by atoms with E-state index < -0.39 is 11.9 Å². The Hall–Kier alpha value is -2.53. The van der Waals surface area contributed by atoms with E-state index in [-0.39, 0.29) is 6.54 Å². The van der Waals surface area contributed by atoms with E-state index in [0.29, 0.717) is 11.6 Å². The van der Waals surface area contributed by atoms with Gasteiger partial charge in [-0.25, -0.2) is 4.79 Å². The Labute approximate surface area is 140 Å². The van der Waals surface area contributed by atoms with E-state index in [1.165, 1.54) is 0 Å². The average Bonchev–Trinajstić information content (AvgIpc) is 2.55. The van der Waals surface area contributed by atoms with Crippen LogP contribution >= 0.6 is 11.6 Å². The summed E-state index contributed by atoms with van der Waals surface area (Å²) in [5.74, 6) is -0.421. The standard InChI is InChI=1S/C17H18ClN3O2/c1-12-14(18)8-5-9-15(12)19-11-16(22)21-17(23)20-10-13-6-3-2-4-7-13/h2-9,19H,10-11H2,1H3,(H2,20,21,22,23). The number of carbonyl (C=O) groups excluding carboxylic acids is 2. The number of urea groups is 1. The molecule has 2 aromatic rings. The number of amides is 3. The van der Waals surface area contributed by atoms with Gasteiger partial charge < -0.3 is 10.6 Å². The first kappa shape index (κ1) is 16.8. The Balaban J connectivity index is 1.76. The quantitative estimate of drug-likeness (QED) is 0.788. The highest BCUT2D eigenvalue weighted by Crippen LogP contribution is 2.22. The Morgan fingerprint density at radius 1 is 1.04 bits per heavy atom. The molecule has 0 atom stereocenters. The summed E-state index contributed by atoms with van der Waals surface area (Å²) in [6, 6.07) is 14.3. The monoisotopic (exact) mass is 331 g/mol. The lowest BCUT2D eigenvalue weighted by molar-refractivity contribution is -0.118. The lowest BCUT2D eigenvalue weighted by atomic mass is 10.2. The Bertz CT molecular complexity index is 689. The van der Waals surface area contributed by atoms with Gasteiger partial charge in [-0.2, -0.15) is 0 Å². The molecule has 2 aromatic carbocycles. The van der Waals surface area contributed by atoms with Crippen LogP contribution in [0.2, 0.25) is 5.02 Å². The number of nitrogens with one attached hydrogen (secondary N) is 3. The van der Waals surface area contributed by atoms with Gasteiger partial charge in [0.15, 0.2) is 0 Å². The van der Waals surface area contributed by atoms with E-state index in [4.69, 9.17) is 11.6 Å². The summed E-state index contributed by atoms with van der Waals surface area (Å²) in [5.41, 5.74) is 2.58. The Morgan fingerprint density at radius 2 is 1.78 bits per heavy atom. The predicted octanol–water partition coefficient (Wildman–Crippen LogP) is 3.09. The summed E-state index contributed by atoms with van der Waals surface area (Å²) in [6.45, 7) is 2.20. The predicted molar refractivity (Wildman–Crippen MR) is 91.5 cm³/mol. The SMILES string of the molecule is Cc1c(Cl)cccc1NCC(=O)NC(=O)NCc1ccccc1. The summed E-state index contributed by atoms with van der Waals surface area (Å²) in [4.78, 5) is 23.4. The van der Waals surface area contributed by atoms with Crippen LogP contribution in [-0.4, -0.2) is 18.5 Å². The van der Waals surface area contributed by atoms with Crippen molar-refractivity contribution in [1.82, 2.24) is 10.6 Å². The minimum atomic E-state index is -0.525. The van der Waals surface area contributed by atoms with E-state index in [9.17, 15) is 9.59 Å². The molecule has 120 valence electrons. The van der Waals surface area contributed by atoms with Crippen molar-refractivity contribution in [1.29, 1.82) is 0 Å². The van der Waals surface area contributed by atoms with Gasteiger partial charge in [-0.1, -0.05) is 48.0 Å². The van der Waals surface area contributed by atoms with Crippen LogP contribution < -0.4 is 16.0 Å². The smallest absolute Gasteiger partial charge is 0.321 e. The fourth-order valence-corrected chi connectivity index (χ4v) is 2.14. The zero-order valence-electron chi connectivity index (χ0n) is 12.7. The lowest BCUT2D eigenvalue weighted by Crippen LogP contribution is -2.41. The molecule has 0 aliphatic heterocycles. The van der Waals surface area contributed by atoms with Crippen LogP contribution in [0.25, 0.3) is 0 Å². The molecule has 0 aromatic heterocycles. The summed E-state index contributed by atoms with van der Waals surface area (Å²) in [6.07, 6.45) is 0. The van der Waals surface area contributed by atoms with Crippen molar-refractivity contribution < 1.29 is 9.59 Å². The highest BCUT2D eigenvalue weighted by molar-refractivity contribution is 6.31. The first-order valence-electron chi connectivity index (χ1n) is 7.17. The first-order valence-corrected chi connectivity index (χ1v) is 7.54. The zero-order valence-corrected chi connectivity index (χ0v) is 13.5. The molecular weight excluding hydrogens is 314 g/mol. The van der Waals surface area contributed by atoms with Crippen molar-refractivity contribution in [2.75, 3.05) is 11.9 Å². The molecule has 0 spiro atoms. The molecule has 5 nitrogen and oxygen atoms in total. The van der Waals surface area contributed by atoms with Crippen molar-refractivity contribution >= 4 is 29.2 Å². The molecule has 23 heavy (non-hydrogen) atoms. The third kappa shape index (κ3) is 5.30. The summed E-state index contributed by atoms with van der Waals surface area (Å²) >= 11 is 6.01. The number of halogens is 1. The number of anilines is 1. The molecule has 0 saturated heterocycles. The highest BCUT2D eigenvalue weighted by atomic mass is 35.5. The van der Waals surface area contributed by atoms with Crippen molar-refractivity contribution in [3.8, 4) is 0 Å². The van der Waals surface area contributed by atoms with E-state index >= 15 is 0 Å². The van der Waals surface area contributed by atoms with Crippen LogP contribution in [-0.2, 0) is 11.3 Å². The molecule has 0 radical (unpaired) electrons. The summed E-state index contributed by atoms with van der Waals surface area (Å²) < 4.78 is 0. The molecule has 0 bridgehead atoms. The first-order chi connectivity index (χ1) is 11.1. The maximum atomic E-state index is 11.8. The zero-order chi connectivity index (χ0) is 16.7. The van der Waals surface area contributed by atoms with Crippen LogP contribution in [0.1, 0.15) is 11.1 Å². The van der Waals surface area contributed by atoms with Gasteiger partial charge in [-0.15, -0.1) is 0 Å². The number of rotatable bonds is 5. The molecule has 0 unspecified atom stereocenters. The second-order valence-corrected chi connectivity index (χ2v) is 5.39. The third-order valence-corrected chi connectivity index (χ3v) is 3.67. The minimum absolute atomic E-state index is 0.0139. The van der Waals surface area contributed by atoms with E-state index in [1.807, 2.05) is 43.3 Å². The van der Waals surface area contributed by atoms with Crippen LogP contribution in [0.3, 0.4) is 0 Å². The van der Waals surface area contributed by atoms with Crippen LogP contribution in [0.4, 0.5) is 10.5 Å². The van der Waals surface area contributed by atoms with Crippen LogP contribution in [0, 0.1) is 6.92 Å². The van der Waals surface area contributed by atoms with E-state index in [2.05, 4.69) is 16.0 Å². The number of imide groups is 1. The fraction of sp³-hybridized carbons (Fsp3) is 0.176. The molecule has 6 heteroatoms. The second kappa shape index (κ2) is 8.19. The van der Waals surface area contributed by atoms with Crippen molar-refractivity contribution in [2.45, 2.75) is 13.5 Å². The second-order valence-electron chi connectivity index (χ2n) is 4.98. The van der Waals surface area contributed by atoms with Gasteiger partial charge in [0.25, 0.3) is 0 Å². The van der Waals surface area contributed by atoms with Gasteiger partial charge in [0.2, 0.25) is 5.91 Å². The van der Waals surface area contributed by atoms with Gasteiger partial charge in [-0.05, 0) is 30.2 Å². The highest BCUT2D eigenvalue weighted by Gasteiger charge is 2.08. The fourth-order valence-electron chi connectivity index (χ4n) is 1.97. The van der Waals surface area contributed by atoms with Crippen LogP contribution in [0.15, 0.2) is 48.5 Å². The lowest BCUT2D eigenvalue weighted by Gasteiger charge is -2.11. The largest absolute Gasteiger partial charge is 0.376 e. The normalized spacial score (nSPS) is 10.0. The average molecular weight is 332 g/mol. The van der Waals surface area contributed by atoms with E-state index in [0.717, 1.165) is 16.8 Å². The molecule has 0 aliphatic carbocycles. The van der Waals surface area contributed by atoms with Gasteiger partial charge >= 0.3 is 6.03 Å². The summed E-state index contributed by atoms with van der Waals surface area (Å²) in [5, 5.41) is 8.48. The van der Waals surface area contributed by atoms with Crippen molar-refractivity contribution in [2.24, 2.45) is 0 Å². The van der Waals surface area contributed by atoms with Crippen LogP contribution in [0.5, 0.6) is 0 Å². The number of hydrogen-bond donors (Lipinski definition) is 3. The molecular formula is C17H18ClN3O2. The minimum Gasteiger partial charge on any atom is -0.376 e. The topological polar surface area (TPSA) is 70.2 Å². The van der Waals surface area contributed by atoms with Gasteiger partial charge in [0.05, 0.1) is 6.54 Å². The Kier molecular flexibility index (Phi) is 6.00. The van der Waals surface area contributed by atoms with Gasteiger partial charge in [-0.3, -0.25) is 10.1 Å². The third-order valence-electron chi connectivity index (χ3n) is 3.26. The number of benzene rings is 2. The number of hydrogen-bond acceptors (Lipinski definition) is 3. The molecule has 0 heterocycles.